The molecule has 11 nitrogen and oxygen atoms in total. The first-order valence-electron chi connectivity index (χ1n) is 11.6. The third-order valence-corrected chi connectivity index (χ3v) is 6.50. The minimum Gasteiger partial charge on any atom is -0.478 e. The van der Waals surface area contributed by atoms with Crippen molar-refractivity contribution in [2.24, 2.45) is 0 Å². The third-order valence-electron chi connectivity index (χ3n) is 6.50. The van der Waals surface area contributed by atoms with Crippen LogP contribution in [-0.4, -0.2) is 42.5 Å². The van der Waals surface area contributed by atoms with E-state index in [2.05, 4.69) is 30.5 Å². The van der Waals surface area contributed by atoms with E-state index in [4.69, 9.17) is 6.57 Å². The van der Waals surface area contributed by atoms with Gasteiger partial charge in [-0.3, -0.25) is 9.59 Å². The number of aromatic nitrogens is 4. The van der Waals surface area contributed by atoms with E-state index in [9.17, 15) is 23.9 Å². The average Bonchev–Trinajstić information content (AvgIpc) is 3.50. The van der Waals surface area contributed by atoms with Crippen molar-refractivity contribution in [3.05, 3.63) is 99.2 Å². The number of carboxylic acid groups (broad SMARTS) is 1. The number of carbonyl (C=O) groups is 3. The van der Waals surface area contributed by atoms with E-state index in [1.165, 1.54) is 24.4 Å². The Morgan fingerprint density at radius 2 is 2.05 bits per heavy atom. The molecule has 0 radical (unpaired) electrons. The fraction of sp³-hybridized carbons (Fsp3) is 0.192. The van der Waals surface area contributed by atoms with Crippen molar-refractivity contribution < 1.29 is 23.9 Å². The molecule has 0 bridgehead atoms. The van der Waals surface area contributed by atoms with Crippen LogP contribution in [0.4, 0.5) is 10.2 Å². The van der Waals surface area contributed by atoms with Crippen molar-refractivity contribution >= 4 is 29.2 Å². The zero-order chi connectivity index (χ0) is 27.0. The summed E-state index contributed by atoms with van der Waals surface area (Å²) in [4.78, 5) is 48.9. The average molecular weight is 513 g/mol. The first-order valence-corrected chi connectivity index (χ1v) is 11.6. The number of pyridine rings is 1. The summed E-state index contributed by atoms with van der Waals surface area (Å²) in [5.74, 6) is -2.87. The smallest absolute Gasteiger partial charge is 0.335 e. The van der Waals surface area contributed by atoms with Gasteiger partial charge in [-0.05, 0) is 60.2 Å². The van der Waals surface area contributed by atoms with Crippen LogP contribution in [0.15, 0.2) is 42.7 Å². The zero-order valence-electron chi connectivity index (χ0n) is 20.0. The van der Waals surface area contributed by atoms with Crippen LogP contribution >= 0.6 is 0 Å². The quantitative estimate of drug-likeness (QED) is 0.336. The van der Waals surface area contributed by atoms with Gasteiger partial charge in [-0.25, -0.2) is 18.7 Å². The summed E-state index contributed by atoms with van der Waals surface area (Å²) < 4.78 is 15.5. The van der Waals surface area contributed by atoms with Crippen LogP contribution in [0, 0.1) is 19.3 Å². The van der Waals surface area contributed by atoms with Crippen LogP contribution in [0.5, 0.6) is 0 Å². The van der Waals surface area contributed by atoms with Gasteiger partial charge in [0.05, 0.1) is 17.8 Å². The largest absolute Gasteiger partial charge is 0.478 e. The van der Waals surface area contributed by atoms with Crippen LogP contribution in [0.3, 0.4) is 0 Å². The number of nitrogens with one attached hydrogen (secondary N) is 2. The van der Waals surface area contributed by atoms with Gasteiger partial charge in [0.15, 0.2) is 11.5 Å². The topological polar surface area (TPSA) is 143 Å². The maximum absolute atomic E-state index is 14.4. The van der Waals surface area contributed by atoms with Crippen LogP contribution in [-0.2, 0) is 13.0 Å². The second-order valence-electron chi connectivity index (χ2n) is 8.75. The summed E-state index contributed by atoms with van der Waals surface area (Å²) in [5, 5.41) is 18.8. The second kappa shape index (κ2) is 9.70. The second-order valence-corrected chi connectivity index (χ2v) is 8.75. The first-order chi connectivity index (χ1) is 18.3. The lowest BCUT2D eigenvalue weighted by Crippen LogP contribution is -2.30. The lowest BCUT2D eigenvalue weighted by atomic mass is 9.98. The monoisotopic (exact) mass is 513 g/mol. The van der Waals surface area contributed by atoms with Crippen molar-refractivity contribution in [1.82, 2.24) is 30.2 Å². The molecule has 0 fully saturated rings. The summed E-state index contributed by atoms with van der Waals surface area (Å²) in [6.45, 7) is 8.86. The van der Waals surface area contributed by atoms with Gasteiger partial charge in [0.2, 0.25) is 0 Å². The Hall–Kier alpha value is -5.18. The molecule has 12 heteroatoms. The molecule has 2 amide bonds. The molecule has 0 unspecified atom stereocenters. The number of carboxylic acids is 1. The molecule has 1 aromatic carbocycles. The fourth-order valence-corrected chi connectivity index (χ4v) is 4.61. The normalized spacial score (nSPS) is 14.1. The van der Waals surface area contributed by atoms with Crippen molar-refractivity contribution in [2.45, 2.75) is 32.4 Å². The first kappa shape index (κ1) is 24.5. The number of benzene rings is 1. The van der Waals surface area contributed by atoms with Gasteiger partial charge < -0.3 is 20.6 Å². The summed E-state index contributed by atoms with van der Waals surface area (Å²) in [7, 11) is 0. The Morgan fingerprint density at radius 1 is 1.24 bits per heavy atom. The van der Waals surface area contributed by atoms with Crippen molar-refractivity contribution in [1.29, 1.82) is 0 Å². The molecule has 0 aliphatic heterocycles. The number of aromatic carboxylic acids is 1. The van der Waals surface area contributed by atoms with Gasteiger partial charge in [-0.2, -0.15) is 5.10 Å². The van der Waals surface area contributed by atoms with Crippen LogP contribution in [0.25, 0.3) is 10.5 Å². The van der Waals surface area contributed by atoms with Crippen LogP contribution in [0.1, 0.15) is 66.1 Å². The van der Waals surface area contributed by atoms with Gasteiger partial charge >= 0.3 is 5.97 Å². The minimum absolute atomic E-state index is 0.0660. The maximum Gasteiger partial charge on any atom is 0.335 e. The summed E-state index contributed by atoms with van der Waals surface area (Å²) >= 11 is 0. The fourth-order valence-electron chi connectivity index (χ4n) is 4.61. The Balaban J connectivity index is 1.41. The number of hydrogen-bond acceptors (Lipinski definition) is 6. The molecule has 0 spiro atoms. The molecule has 1 aliphatic rings. The van der Waals surface area contributed by atoms with Crippen LogP contribution in [0.2, 0.25) is 0 Å². The molecule has 1 aliphatic carbocycles. The number of rotatable bonds is 6. The molecular formula is C26H20FN7O4. The highest BCUT2D eigenvalue weighted by Crippen LogP contribution is 2.35. The number of halogens is 1. The molecular weight excluding hydrogens is 493 g/mol. The van der Waals surface area contributed by atoms with E-state index in [1.807, 2.05) is 0 Å². The molecule has 38 heavy (non-hydrogen) atoms. The zero-order valence-corrected chi connectivity index (χ0v) is 20.0. The summed E-state index contributed by atoms with van der Waals surface area (Å²) in [6.07, 6.45) is 3.51. The lowest BCUT2D eigenvalue weighted by Gasteiger charge is -2.16. The van der Waals surface area contributed by atoms with Crippen LogP contribution < -0.4 is 10.6 Å². The summed E-state index contributed by atoms with van der Waals surface area (Å²) in [5.41, 5.74) is 2.64. The van der Waals surface area contributed by atoms with Crippen molar-refractivity contribution in [3.63, 3.8) is 0 Å². The van der Waals surface area contributed by atoms with E-state index in [0.717, 1.165) is 21.8 Å². The molecule has 1 atom stereocenters. The predicted octanol–water partition coefficient (Wildman–Crippen LogP) is 3.17. The SMILES string of the molecule is [C-]#[N+]c1cc(CNC(=O)c2cc(C(=O)N[C@H]3CCc4c3ccc(C(=O)O)c4C)n3ncc(F)c3n2)ccn1. The van der Waals surface area contributed by atoms with Gasteiger partial charge in [-0.1, -0.05) is 12.6 Å². The van der Waals surface area contributed by atoms with Gasteiger partial charge in [0.25, 0.3) is 17.6 Å². The van der Waals surface area contributed by atoms with E-state index in [-0.39, 0.29) is 35.0 Å². The van der Waals surface area contributed by atoms with Gasteiger partial charge in [0, 0.05) is 12.6 Å². The molecule has 0 saturated heterocycles. The number of fused-ring (bicyclic) bond motifs is 2. The number of carbonyl (C=O) groups excluding carboxylic acids is 2. The Bertz CT molecular complexity index is 1670. The Kier molecular flexibility index (Phi) is 6.26. The molecule has 190 valence electrons. The molecule has 3 N–H and O–H groups in total. The van der Waals surface area contributed by atoms with E-state index >= 15 is 0 Å². The highest BCUT2D eigenvalue weighted by molar-refractivity contribution is 5.98. The standard InChI is InChI=1S/C26H20FN7O4/c1-13-15-5-6-19(17(15)4-3-16(13)26(37)38)33-25(36)21-10-20(32-23-18(27)12-31-34(21)23)24(35)30-11-14-7-8-29-22(9-14)28-2/h3-4,7-10,12,19H,5-6,11H2,1H3,(H,30,35)(H,33,36)(H,37,38)/t19-/m0/s1. The molecule has 3 heterocycles. The van der Waals surface area contributed by atoms with E-state index < -0.39 is 29.6 Å². The highest BCUT2D eigenvalue weighted by Gasteiger charge is 2.29. The third kappa shape index (κ3) is 4.41. The predicted molar refractivity (Wildman–Crippen MR) is 131 cm³/mol. The van der Waals surface area contributed by atoms with E-state index in [1.54, 1.807) is 19.1 Å². The minimum atomic E-state index is -1.01. The molecule has 0 saturated carbocycles. The molecule has 3 aromatic heterocycles. The number of hydrogen-bond donors (Lipinski definition) is 3. The van der Waals surface area contributed by atoms with Crippen molar-refractivity contribution in [3.8, 4) is 0 Å². The number of amides is 2. The van der Waals surface area contributed by atoms with Gasteiger partial charge in [0.1, 0.15) is 17.6 Å². The maximum atomic E-state index is 14.4. The van der Waals surface area contributed by atoms with E-state index in [0.29, 0.717) is 24.0 Å². The van der Waals surface area contributed by atoms with Crippen molar-refractivity contribution in [2.75, 3.05) is 0 Å². The highest BCUT2D eigenvalue weighted by atomic mass is 19.1. The lowest BCUT2D eigenvalue weighted by molar-refractivity contribution is 0.0695. The van der Waals surface area contributed by atoms with Gasteiger partial charge in [-0.15, -0.1) is 4.98 Å². The number of nitrogens with zero attached hydrogens (tertiary/aromatic N) is 5. The Morgan fingerprint density at radius 3 is 2.82 bits per heavy atom. The molecule has 4 aromatic rings. The Labute approximate surface area is 215 Å². The summed E-state index contributed by atoms with van der Waals surface area (Å²) in [6, 6.07) is 7.21. The molecule has 5 rings (SSSR count).